The molecule has 6 nitrogen and oxygen atoms in total. The van der Waals surface area contributed by atoms with E-state index in [-0.39, 0.29) is 23.3 Å². The summed E-state index contributed by atoms with van der Waals surface area (Å²) in [7, 11) is -1.98. The maximum absolute atomic E-state index is 12.8. The third-order valence-corrected chi connectivity index (χ3v) is 10.2. The summed E-state index contributed by atoms with van der Waals surface area (Å²) in [6.07, 6.45) is 0.873. The standard InChI is InChI=1S/C23H38N2O4Si/c1-22(2,3)28-21(27)25-16-19(29-30(7,8)23(4,5)6)14-18(25)15-24-20(26)17-12-10-9-11-13-17/h9-13,15,18-20,26H,14,16H2,1-8H3/b24-15-/t18-,19+,20?/m0/s1. The van der Waals surface area contributed by atoms with Crippen molar-refractivity contribution in [1.29, 1.82) is 0 Å². The van der Waals surface area contributed by atoms with Crippen LogP contribution in [0.5, 0.6) is 0 Å². The van der Waals surface area contributed by atoms with Crippen molar-refractivity contribution in [1.82, 2.24) is 4.90 Å². The summed E-state index contributed by atoms with van der Waals surface area (Å²) < 4.78 is 12.2. The Morgan fingerprint density at radius 3 is 2.33 bits per heavy atom. The highest BCUT2D eigenvalue weighted by atomic mass is 28.4. The van der Waals surface area contributed by atoms with Gasteiger partial charge in [0.2, 0.25) is 0 Å². The molecule has 1 saturated heterocycles. The first-order valence-corrected chi connectivity index (χ1v) is 13.5. The van der Waals surface area contributed by atoms with Gasteiger partial charge in [-0.3, -0.25) is 9.89 Å². The number of ether oxygens (including phenoxy) is 1. The Kier molecular flexibility index (Phi) is 7.53. The second-order valence-corrected chi connectivity index (χ2v) is 15.3. The van der Waals surface area contributed by atoms with Gasteiger partial charge < -0.3 is 14.3 Å². The Bertz CT molecular complexity index is 738. The molecule has 2 rings (SSSR count). The number of nitrogens with zero attached hydrogens (tertiary/aromatic N) is 2. The summed E-state index contributed by atoms with van der Waals surface area (Å²) in [4.78, 5) is 18.8. The van der Waals surface area contributed by atoms with Crippen LogP contribution in [0.1, 0.15) is 59.8 Å². The van der Waals surface area contributed by atoms with Crippen LogP contribution < -0.4 is 0 Å². The van der Waals surface area contributed by atoms with Gasteiger partial charge in [0.15, 0.2) is 14.5 Å². The molecule has 0 radical (unpaired) electrons. The van der Waals surface area contributed by atoms with Gasteiger partial charge in [-0.2, -0.15) is 0 Å². The molecule has 0 aromatic heterocycles. The van der Waals surface area contributed by atoms with E-state index in [9.17, 15) is 9.90 Å². The van der Waals surface area contributed by atoms with Crippen LogP contribution in [0.4, 0.5) is 4.79 Å². The summed E-state index contributed by atoms with van der Waals surface area (Å²) in [5, 5.41) is 10.5. The third kappa shape index (κ3) is 6.65. The predicted molar refractivity (Wildman–Crippen MR) is 123 cm³/mol. The van der Waals surface area contributed by atoms with E-state index in [2.05, 4.69) is 38.9 Å². The molecule has 1 aliphatic heterocycles. The monoisotopic (exact) mass is 434 g/mol. The van der Waals surface area contributed by atoms with Gasteiger partial charge >= 0.3 is 6.09 Å². The van der Waals surface area contributed by atoms with Gasteiger partial charge in [0.05, 0.1) is 12.1 Å². The van der Waals surface area contributed by atoms with E-state index in [4.69, 9.17) is 9.16 Å². The third-order valence-electron chi connectivity index (χ3n) is 5.70. The quantitative estimate of drug-likeness (QED) is 0.514. The molecule has 1 N–H and O–H groups in total. The Morgan fingerprint density at radius 2 is 1.80 bits per heavy atom. The van der Waals surface area contributed by atoms with Crippen molar-refractivity contribution < 1.29 is 19.1 Å². The lowest BCUT2D eigenvalue weighted by molar-refractivity contribution is 0.0248. The van der Waals surface area contributed by atoms with Crippen LogP contribution in [0, 0.1) is 0 Å². The average Bonchev–Trinajstić information content (AvgIpc) is 3.00. The molecule has 1 heterocycles. The van der Waals surface area contributed by atoms with Crippen LogP contribution in [0.3, 0.4) is 0 Å². The molecule has 1 aromatic carbocycles. The van der Waals surface area contributed by atoms with Crippen LogP contribution in [-0.4, -0.2) is 54.9 Å². The van der Waals surface area contributed by atoms with Crippen molar-refractivity contribution in [2.24, 2.45) is 4.99 Å². The van der Waals surface area contributed by atoms with Gasteiger partial charge in [-0.25, -0.2) is 4.79 Å². The van der Waals surface area contributed by atoms with Crippen molar-refractivity contribution in [2.75, 3.05) is 6.54 Å². The molecule has 0 bridgehead atoms. The minimum atomic E-state index is -1.98. The second kappa shape index (κ2) is 9.20. The predicted octanol–water partition coefficient (Wildman–Crippen LogP) is 5.15. The molecule has 1 aromatic rings. The van der Waals surface area contributed by atoms with Gasteiger partial charge in [-0.15, -0.1) is 0 Å². The Labute approximate surface area is 182 Å². The Balaban J connectivity index is 2.18. The molecule has 30 heavy (non-hydrogen) atoms. The summed E-state index contributed by atoms with van der Waals surface area (Å²) in [6, 6.07) is 8.98. The smallest absolute Gasteiger partial charge is 0.410 e. The molecule has 0 saturated carbocycles. The van der Waals surface area contributed by atoms with E-state index >= 15 is 0 Å². The van der Waals surface area contributed by atoms with Crippen LogP contribution in [0.15, 0.2) is 35.3 Å². The fraction of sp³-hybridized carbons (Fsp3) is 0.652. The first-order chi connectivity index (χ1) is 13.7. The number of carbonyl (C=O) groups is 1. The van der Waals surface area contributed by atoms with Gasteiger partial charge in [0.1, 0.15) is 5.60 Å². The first kappa shape index (κ1) is 24.6. The van der Waals surface area contributed by atoms with Crippen LogP contribution in [0.25, 0.3) is 0 Å². The van der Waals surface area contributed by atoms with E-state index in [1.165, 1.54) is 0 Å². The number of likely N-dealkylation sites (tertiary alicyclic amines) is 1. The number of hydrogen-bond donors (Lipinski definition) is 1. The zero-order chi connectivity index (χ0) is 22.7. The zero-order valence-corrected chi connectivity index (χ0v) is 20.7. The van der Waals surface area contributed by atoms with Gasteiger partial charge in [0, 0.05) is 18.3 Å². The number of amides is 1. The zero-order valence-electron chi connectivity index (χ0n) is 19.7. The van der Waals surface area contributed by atoms with E-state index in [1.807, 2.05) is 51.1 Å². The summed E-state index contributed by atoms with van der Waals surface area (Å²) >= 11 is 0. The summed E-state index contributed by atoms with van der Waals surface area (Å²) in [6.45, 7) is 17.1. The normalized spacial score (nSPS) is 21.8. The molecular weight excluding hydrogens is 396 g/mol. The lowest BCUT2D eigenvalue weighted by atomic mass is 10.2. The average molecular weight is 435 g/mol. The van der Waals surface area contributed by atoms with Crippen molar-refractivity contribution in [2.45, 2.75) is 90.1 Å². The van der Waals surface area contributed by atoms with Crippen LogP contribution in [-0.2, 0) is 9.16 Å². The van der Waals surface area contributed by atoms with Gasteiger partial charge in [0.25, 0.3) is 0 Å². The number of hydrogen-bond acceptors (Lipinski definition) is 5. The summed E-state index contributed by atoms with van der Waals surface area (Å²) in [5.41, 5.74) is 0.130. The molecule has 1 aliphatic rings. The van der Waals surface area contributed by atoms with E-state index < -0.39 is 20.1 Å². The minimum absolute atomic E-state index is 0.0799. The highest BCUT2D eigenvalue weighted by Crippen LogP contribution is 2.39. The van der Waals surface area contributed by atoms with Gasteiger partial charge in [-0.05, 0) is 45.3 Å². The fourth-order valence-electron chi connectivity index (χ4n) is 3.07. The van der Waals surface area contributed by atoms with Gasteiger partial charge in [-0.1, -0.05) is 51.1 Å². The molecular formula is C23H38N2O4Si. The lowest BCUT2D eigenvalue weighted by Crippen LogP contribution is -2.45. The molecule has 168 valence electrons. The molecule has 0 spiro atoms. The number of benzene rings is 1. The summed E-state index contributed by atoms with van der Waals surface area (Å²) in [5.74, 6) is 0. The highest BCUT2D eigenvalue weighted by molar-refractivity contribution is 6.74. The Hall–Kier alpha value is -1.70. The second-order valence-electron chi connectivity index (χ2n) is 10.5. The molecule has 1 unspecified atom stereocenters. The van der Waals surface area contributed by atoms with E-state index in [0.717, 1.165) is 0 Å². The topological polar surface area (TPSA) is 71.4 Å². The van der Waals surface area contributed by atoms with Crippen molar-refractivity contribution in [3.8, 4) is 0 Å². The SMILES string of the molecule is CC(C)(C)OC(=O)N1C[C@H](O[Si](C)(C)C(C)(C)C)C[C@H]1/C=N\C(O)c1ccccc1. The van der Waals surface area contributed by atoms with E-state index in [1.54, 1.807) is 11.1 Å². The highest BCUT2D eigenvalue weighted by Gasteiger charge is 2.44. The van der Waals surface area contributed by atoms with Crippen LogP contribution in [0.2, 0.25) is 18.1 Å². The number of carbonyl (C=O) groups excluding carboxylic acids is 1. The first-order valence-electron chi connectivity index (χ1n) is 10.6. The number of aliphatic hydroxyl groups excluding tert-OH is 1. The largest absolute Gasteiger partial charge is 0.444 e. The van der Waals surface area contributed by atoms with E-state index in [0.29, 0.717) is 18.5 Å². The van der Waals surface area contributed by atoms with Crippen molar-refractivity contribution in [3.05, 3.63) is 35.9 Å². The maximum atomic E-state index is 12.8. The molecule has 7 heteroatoms. The maximum Gasteiger partial charge on any atom is 0.410 e. The van der Waals surface area contributed by atoms with Crippen LogP contribution >= 0.6 is 0 Å². The molecule has 3 atom stereocenters. The lowest BCUT2D eigenvalue weighted by Gasteiger charge is -2.38. The molecule has 1 fully saturated rings. The molecule has 1 amide bonds. The number of aliphatic hydroxyl groups is 1. The number of aliphatic imine (C=N–C) groups is 1. The molecule has 0 aliphatic carbocycles. The Morgan fingerprint density at radius 1 is 1.20 bits per heavy atom. The minimum Gasteiger partial charge on any atom is -0.444 e. The number of rotatable bonds is 5. The fourth-order valence-corrected chi connectivity index (χ4v) is 4.43. The van der Waals surface area contributed by atoms with Crippen molar-refractivity contribution in [3.63, 3.8) is 0 Å². The van der Waals surface area contributed by atoms with Crippen molar-refractivity contribution >= 4 is 20.6 Å².